The van der Waals surface area contributed by atoms with E-state index in [1.807, 2.05) is 97.1 Å². The van der Waals surface area contributed by atoms with Gasteiger partial charge < -0.3 is 8.98 Å². The zero-order valence-corrected chi connectivity index (χ0v) is 38.0. The van der Waals surface area contributed by atoms with Gasteiger partial charge in [0.2, 0.25) is 0 Å². The number of hydrogen-bond donors (Lipinski definition) is 0. The molecule has 6 heteroatoms. The fourth-order valence-electron chi connectivity index (χ4n) is 8.73. The van der Waals surface area contributed by atoms with E-state index in [4.69, 9.17) is 19.4 Å². The quantitative estimate of drug-likeness (QED) is 0.149. The van der Waals surface area contributed by atoms with Crippen LogP contribution in [0, 0.1) is 43.2 Å². The molecule has 0 bridgehead atoms. The smallest absolute Gasteiger partial charge is 0.456 e. The van der Waals surface area contributed by atoms with E-state index in [2.05, 4.69) is 126 Å². The number of nitrogens with zero attached hydrogens (tertiary/aromatic N) is 4. The van der Waals surface area contributed by atoms with Crippen LogP contribution < -0.4 is 0 Å². The van der Waals surface area contributed by atoms with Gasteiger partial charge in [0.15, 0.2) is 17.5 Å². The molecule has 0 aliphatic rings. The molecular formula is C57H34N4OU. The van der Waals surface area contributed by atoms with Crippen molar-refractivity contribution < 1.29 is 35.5 Å². The minimum absolute atomic E-state index is 0. The van der Waals surface area contributed by atoms with Gasteiger partial charge >= 0.3 is 31.1 Å². The number of fused-ring (bicyclic) bond motifs is 6. The summed E-state index contributed by atoms with van der Waals surface area (Å²) in [6, 6.07) is 78.3. The molecule has 0 unspecified atom stereocenters. The monoisotopic (exact) mass is 1030 g/mol. The molecule has 292 valence electrons. The Hall–Kier alpha value is -7.36. The first-order valence-electron chi connectivity index (χ1n) is 20.7. The van der Waals surface area contributed by atoms with Crippen molar-refractivity contribution in [3.63, 3.8) is 0 Å². The summed E-state index contributed by atoms with van der Waals surface area (Å²) >= 11 is 0. The topological polar surface area (TPSA) is 56.7 Å². The van der Waals surface area contributed by atoms with Gasteiger partial charge in [-0.05, 0) is 65.2 Å². The third-order valence-electron chi connectivity index (χ3n) is 11.7. The first kappa shape index (κ1) is 38.6. The summed E-state index contributed by atoms with van der Waals surface area (Å²) < 4.78 is 8.64. The fraction of sp³-hybridized carbons (Fsp3) is 0. The van der Waals surface area contributed by atoms with Crippen LogP contribution in [-0.4, -0.2) is 19.5 Å². The van der Waals surface area contributed by atoms with Crippen molar-refractivity contribution >= 4 is 43.7 Å². The van der Waals surface area contributed by atoms with Crippen LogP contribution in [0.4, 0.5) is 0 Å². The molecule has 0 aliphatic heterocycles. The van der Waals surface area contributed by atoms with Crippen LogP contribution in [0.3, 0.4) is 0 Å². The molecule has 0 N–H and O–H groups in total. The van der Waals surface area contributed by atoms with E-state index in [1.165, 1.54) is 0 Å². The van der Waals surface area contributed by atoms with Crippen molar-refractivity contribution in [3.8, 4) is 73.2 Å². The molecule has 0 radical (unpaired) electrons. The fourth-order valence-corrected chi connectivity index (χ4v) is 8.73. The van der Waals surface area contributed by atoms with Crippen LogP contribution >= 0.6 is 0 Å². The van der Waals surface area contributed by atoms with Gasteiger partial charge in [0.1, 0.15) is 11.2 Å². The van der Waals surface area contributed by atoms with Crippen molar-refractivity contribution in [1.29, 1.82) is 0 Å². The van der Waals surface area contributed by atoms with Gasteiger partial charge in [0, 0.05) is 43.9 Å². The van der Waals surface area contributed by atoms with E-state index in [-0.39, 0.29) is 31.1 Å². The van der Waals surface area contributed by atoms with Crippen molar-refractivity contribution in [2.45, 2.75) is 0 Å². The minimum Gasteiger partial charge on any atom is -0.456 e. The second kappa shape index (κ2) is 16.2. The molecule has 3 heterocycles. The van der Waals surface area contributed by atoms with Gasteiger partial charge in [0.05, 0.1) is 11.0 Å². The second-order valence-corrected chi connectivity index (χ2v) is 15.4. The molecule has 0 saturated carbocycles. The van der Waals surface area contributed by atoms with Gasteiger partial charge in [-0.2, -0.15) is 42.5 Å². The minimum atomic E-state index is 0. The zero-order valence-electron chi connectivity index (χ0n) is 33.8. The maximum Gasteiger partial charge on any atom is 2.00 e. The average molecular weight is 1030 g/mol. The van der Waals surface area contributed by atoms with Gasteiger partial charge in [-0.25, -0.2) is 26.1 Å². The van der Waals surface area contributed by atoms with Crippen molar-refractivity contribution in [2.24, 2.45) is 0 Å². The van der Waals surface area contributed by atoms with Crippen LogP contribution in [-0.2, 0) is 0 Å². The third-order valence-corrected chi connectivity index (χ3v) is 11.7. The number of furan rings is 1. The van der Waals surface area contributed by atoms with Crippen LogP contribution in [0.5, 0.6) is 0 Å². The van der Waals surface area contributed by atoms with Crippen LogP contribution in [0.25, 0.3) is 117 Å². The second-order valence-electron chi connectivity index (χ2n) is 15.4. The van der Waals surface area contributed by atoms with Gasteiger partial charge in [-0.1, -0.05) is 115 Å². The van der Waals surface area contributed by atoms with Crippen molar-refractivity contribution in [3.05, 3.63) is 218 Å². The normalized spacial score (nSPS) is 11.4. The van der Waals surface area contributed by atoms with E-state index >= 15 is 0 Å². The summed E-state index contributed by atoms with van der Waals surface area (Å²) in [5, 5.41) is 4.51. The number of hydrogen-bond acceptors (Lipinski definition) is 4. The molecule has 0 fully saturated rings. The summed E-state index contributed by atoms with van der Waals surface area (Å²) in [7, 11) is 0. The molecule has 0 amide bonds. The van der Waals surface area contributed by atoms with E-state index in [9.17, 15) is 0 Å². The predicted molar refractivity (Wildman–Crippen MR) is 252 cm³/mol. The Kier molecular flexibility index (Phi) is 9.89. The van der Waals surface area contributed by atoms with Crippen molar-refractivity contribution in [1.82, 2.24) is 19.5 Å². The maximum atomic E-state index is 6.25. The summed E-state index contributed by atoms with van der Waals surface area (Å²) in [6.07, 6.45) is 0. The Bertz CT molecular complexity index is 3580. The largest absolute Gasteiger partial charge is 2.00 e. The molecule has 63 heavy (non-hydrogen) atoms. The third kappa shape index (κ3) is 6.95. The molecule has 12 rings (SSSR count). The van der Waals surface area contributed by atoms with E-state index in [1.54, 1.807) is 0 Å². The Balaban J connectivity index is 0.00000444. The summed E-state index contributed by atoms with van der Waals surface area (Å²) in [4.78, 5) is 15.1. The van der Waals surface area contributed by atoms with E-state index < -0.39 is 0 Å². The molecule has 0 aliphatic carbocycles. The Labute approximate surface area is 387 Å². The number of rotatable bonds is 7. The number of aromatic nitrogens is 4. The average Bonchev–Trinajstić information content (AvgIpc) is 3.90. The SMILES string of the molecule is [U+2].[c-]1ccccc1-c1[c-]ccc(-c2cc(-c3ccc4oc5ccccc5c4c3)cc3c4ccccc4n(-c4cccc(-c5nc(-c6ccccc6)nc(-c6ccccc6)n5)c4)c23)c1. The molecule has 5 nitrogen and oxygen atoms in total. The standard InChI is InChI=1S/C57H34N4O.U/c1-4-16-37(17-5-1)40-22-14-23-42(32-40)48-35-44(41-30-31-53-49(34-41)47-27-11-13-29-52(47)62-53)36-50-46-26-10-12-28-51(46)61(54(48)50)45-25-15-24-43(33-45)57-59-55(38-18-6-2-7-19-38)58-56(60-57)39-20-8-3-9-21-39;/h1-16,18-21,23-36H;/q-2;+2. The zero-order chi connectivity index (χ0) is 41.0. The number of para-hydroxylation sites is 2. The molecule has 9 aromatic carbocycles. The molecule has 0 spiro atoms. The number of benzene rings is 9. The molecule has 0 atom stereocenters. The van der Waals surface area contributed by atoms with Gasteiger partial charge in [-0.3, -0.25) is 0 Å². The Morgan fingerprint density at radius 2 is 1.02 bits per heavy atom. The Morgan fingerprint density at radius 3 is 1.78 bits per heavy atom. The molecule has 0 saturated heterocycles. The van der Waals surface area contributed by atoms with Crippen LogP contribution in [0.1, 0.15) is 0 Å². The first-order chi connectivity index (χ1) is 30.7. The summed E-state index contributed by atoms with van der Waals surface area (Å²) in [6.45, 7) is 0. The van der Waals surface area contributed by atoms with Gasteiger partial charge in [-0.15, -0.1) is 17.7 Å². The first-order valence-corrected chi connectivity index (χ1v) is 20.7. The predicted octanol–water partition coefficient (Wildman–Crippen LogP) is 14.5. The Morgan fingerprint density at radius 1 is 0.381 bits per heavy atom. The maximum absolute atomic E-state index is 6.25. The van der Waals surface area contributed by atoms with Crippen LogP contribution in [0.15, 0.2) is 211 Å². The summed E-state index contributed by atoms with van der Waals surface area (Å²) in [5.41, 5.74) is 14.1. The van der Waals surface area contributed by atoms with Crippen LogP contribution in [0.2, 0.25) is 0 Å². The molecular weight excluding hydrogens is 995 g/mol. The molecule has 3 aromatic heterocycles. The van der Waals surface area contributed by atoms with E-state index in [0.717, 1.165) is 99.5 Å². The summed E-state index contributed by atoms with van der Waals surface area (Å²) in [5.74, 6) is 1.85. The van der Waals surface area contributed by atoms with Gasteiger partial charge in [0.25, 0.3) is 0 Å². The van der Waals surface area contributed by atoms with Crippen molar-refractivity contribution in [2.75, 3.05) is 0 Å². The molecule has 12 aromatic rings. The van der Waals surface area contributed by atoms with E-state index in [0.29, 0.717) is 17.5 Å².